The van der Waals surface area contributed by atoms with Crippen molar-refractivity contribution in [1.29, 1.82) is 0 Å². The van der Waals surface area contributed by atoms with E-state index in [9.17, 15) is 14.4 Å². The van der Waals surface area contributed by atoms with Crippen molar-refractivity contribution in [3.8, 4) is 11.5 Å². The van der Waals surface area contributed by atoms with Crippen LogP contribution in [0, 0.1) is 0 Å². The highest BCUT2D eigenvalue weighted by Crippen LogP contribution is 2.32. The van der Waals surface area contributed by atoms with Gasteiger partial charge in [-0.1, -0.05) is 30.3 Å². The molecule has 33 heavy (non-hydrogen) atoms. The lowest BCUT2D eigenvalue weighted by Gasteiger charge is -2.22. The number of amides is 4. The summed E-state index contributed by atoms with van der Waals surface area (Å²) in [5, 5.41) is 7.35. The van der Waals surface area contributed by atoms with Gasteiger partial charge in [0.05, 0.1) is 14.2 Å². The molecule has 0 aliphatic carbocycles. The number of ether oxygens (including phenoxy) is 2. The molecule has 0 saturated carbocycles. The van der Waals surface area contributed by atoms with Gasteiger partial charge < -0.3 is 20.1 Å². The van der Waals surface area contributed by atoms with Crippen molar-refractivity contribution >= 4 is 28.6 Å². The fraction of sp³-hybridized carbons (Fsp3) is 0.240. The Morgan fingerprint density at radius 1 is 0.939 bits per heavy atom. The molecule has 8 heteroatoms. The van der Waals surface area contributed by atoms with E-state index in [-0.39, 0.29) is 13.1 Å². The van der Waals surface area contributed by atoms with Gasteiger partial charge in [0.15, 0.2) is 0 Å². The Bertz CT molecular complexity index is 1220. The zero-order chi connectivity index (χ0) is 23.6. The predicted octanol–water partition coefficient (Wildman–Crippen LogP) is 2.94. The molecule has 1 aliphatic heterocycles. The average molecular weight is 447 g/mol. The van der Waals surface area contributed by atoms with Crippen molar-refractivity contribution in [3.63, 3.8) is 0 Å². The van der Waals surface area contributed by atoms with Gasteiger partial charge >= 0.3 is 6.03 Å². The molecule has 1 atom stereocenters. The van der Waals surface area contributed by atoms with Crippen LogP contribution in [0.5, 0.6) is 11.5 Å². The van der Waals surface area contributed by atoms with Crippen molar-refractivity contribution in [3.05, 3.63) is 71.8 Å². The molecule has 1 fully saturated rings. The van der Waals surface area contributed by atoms with Gasteiger partial charge in [0.1, 0.15) is 23.6 Å². The van der Waals surface area contributed by atoms with Crippen LogP contribution in [-0.2, 0) is 21.7 Å². The first-order valence-corrected chi connectivity index (χ1v) is 10.5. The van der Waals surface area contributed by atoms with E-state index in [0.717, 1.165) is 32.7 Å². The first-order valence-electron chi connectivity index (χ1n) is 10.5. The van der Waals surface area contributed by atoms with E-state index in [1.807, 2.05) is 42.5 Å². The average Bonchev–Trinajstić information content (AvgIpc) is 3.06. The minimum atomic E-state index is -1.26. The molecule has 8 nitrogen and oxygen atoms in total. The number of nitrogens with one attached hydrogen (secondary N) is 2. The van der Waals surface area contributed by atoms with Crippen molar-refractivity contribution in [2.75, 3.05) is 20.8 Å². The molecule has 3 aromatic rings. The van der Waals surface area contributed by atoms with Crippen LogP contribution < -0.4 is 20.1 Å². The number of nitrogens with zero attached hydrogens (tertiary/aromatic N) is 1. The van der Waals surface area contributed by atoms with Crippen LogP contribution in [0.15, 0.2) is 60.7 Å². The number of urea groups is 1. The molecule has 170 valence electrons. The molecule has 4 amide bonds. The Balaban J connectivity index is 1.45. The Hall–Kier alpha value is -4.07. The summed E-state index contributed by atoms with van der Waals surface area (Å²) in [5.74, 6) is 0.555. The molecular formula is C25H25N3O5. The minimum Gasteiger partial charge on any atom is -0.497 e. The molecule has 1 unspecified atom stereocenters. The second-order valence-corrected chi connectivity index (χ2v) is 8.00. The summed E-state index contributed by atoms with van der Waals surface area (Å²) in [6.07, 6.45) is 0. The molecule has 1 saturated heterocycles. The molecule has 1 heterocycles. The Kier molecular flexibility index (Phi) is 5.91. The summed E-state index contributed by atoms with van der Waals surface area (Å²) >= 11 is 0. The number of imide groups is 1. The highest BCUT2D eigenvalue weighted by molar-refractivity contribution is 6.09. The number of carbonyl (C=O) groups excluding carboxylic acids is 3. The van der Waals surface area contributed by atoms with Gasteiger partial charge in [-0.15, -0.1) is 0 Å². The zero-order valence-electron chi connectivity index (χ0n) is 18.7. The molecule has 0 spiro atoms. The molecule has 0 radical (unpaired) electrons. The predicted molar refractivity (Wildman–Crippen MR) is 123 cm³/mol. The van der Waals surface area contributed by atoms with Gasteiger partial charge in [-0.3, -0.25) is 14.5 Å². The van der Waals surface area contributed by atoms with E-state index in [0.29, 0.717) is 5.56 Å². The lowest BCUT2D eigenvalue weighted by Crippen LogP contribution is -2.43. The number of fused-ring (bicyclic) bond motifs is 1. The van der Waals surface area contributed by atoms with Crippen molar-refractivity contribution in [1.82, 2.24) is 15.5 Å². The summed E-state index contributed by atoms with van der Waals surface area (Å²) in [6.45, 7) is 1.56. The van der Waals surface area contributed by atoms with E-state index in [1.165, 1.54) is 0 Å². The van der Waals surface area contributed by atoms with Gasteiger partial charge in [-0.25, -0.2) is 4.79 Å². The van der Waals surface area contributed by atoms with Gasteiger partial charge in [0.25, 0.3) is 5.91 Å². The quantitative estimate of drug-likeness (QED) is 0.543. The monoisotopic (exact) mass is 447 g/mol. The van der Waals surface area contributed by atoms with Crippen molar-refractivity contribution < 1.29 is 23.9 Å². The number of hydrogen-bond acceptors (Lipinski definition) is 5. The second kappa shape index (κ2) is 8.82. The summed E-state index contributed by atoms with van der Waals surface area (Å²) in [7, 11) is 3.18. The standard InChI is InChI=1S/C25H25N3O5/c1-25(19-8-6-18-13-21(33-3)11-7-17(18)12-19)23(30)28(24(31)27-25)15-22(29)26-14-16-4-9-20(32-2)10-5-16/h4-13H,14-15H2,1-3H3,(H,26,29)(H,27,31). The van der Waals surface area contributed by atoms with Crippen LogP contribution >= 0.6 is 0 Å². The molecule has 2 N–H and O–H groups in total. The minimum absolute atomic E-state index is 0.276. The third-order valence-electron chi connectivity index (χ3n) is 5.85. The molecule has 3 aromatic carbocycles. The van der Waals surface area contributed by atoms with Crippen LogP contribution in [0.25, 0.3) is 10.8 Å². The third-order valence-corrected chi connectivity index (χ3v) is 5.85. The fourth-order valence-electron chi connectivity index (χ4n) is 3.84. The smallest absolute Gasteiger partial charge is 0.325 e. The van der Waals surface area contributed by atoms with E-state index in [4.69, 9.17) is 9.47 Å². The van der Waals surface area contributed by atoms with Gasteiger partial charge in [-0.2, -0.15) is 0 Å². The van der Waals surface area contributed by atoms with E-state index in [1.54, 1.807) is 39.3 Å². The normalized spacial score (nSPS) is 17.7. The van der Waals surface area contributed by atoms with Crippen molar-refractivity contribution in [2.45, 2.75) is 19.0 Å². The van der Waals surface area contributed by atoms with Crippen LogP contribution in [-0.4, -0.2) is 43.5 Å². The van der Waals surface area contributed by atoms with Crippen LogP contribution in [0.2, 0.25) is 0 Å². The molecule has 0 aromatic heterocycles. The second-order valence-electron chi connectivity index (χ2n) is 8.00. The summed E-state index contributed by atoms with van der Waals surface area (Å²) in [6, 6.07) is 17.8. The number of rotatable bonds is 7. The van der Waals surface area contributed by atoms with Crippen LogP contribution in [0.3, 0.4) is 0 Å². The van der Waals surface area contributed by atoms with Crippen LogP contribution in [0.1, 0.15) is 18.1 Å². The highest BCUT2D eigenvalue weighted by Gasteiger charge is 2.49. The SMILES string of the molecule is COc1ccc(CNC(=O)CN2C(=O)NC(C)(c3ccc4cc(OC)ccc4c3)C2=O)cc1. The van der Waals surface area contributed by atoms with Gasteiger partial charge in [0, 0.05) is 6.54 Å². The largest absolute Gasteiger partial charge is 0.497 e. The highest BCUT2D eigenvalue weighted by atomic mass is 16.5. The molecule has 1 aliphatic rings. The molecule has 4 rings (SSSR count). The molecular weight excluding hydrogens is 422 g/mol. The lowest BCUT2D eigenvalue weighted by molar-refractivity contribution is -0.134. The topological polar surface area (TPSA) is 97.0 Å². The summed E-state index contributed by atoms with van der Waals surface area (Å²) < 4.78 is 10.4. The van der Waals surface area contributed by atoms with Gasteiger partial charge in [0.2, 0.25) is 5.91 Å². The Morgan fingerprint density at radius 3 is 2.27 bits per heavy atom. The number of benzene rings is 3. The Morgan fingerprint density at radius 2 is 1.58 bits per heavy atom. The number of hydrogen-bond donors (Lipinski definition) is 2. The first-order chi connectivity index (χ1) is 15.8. The lowest BCUT2D eigenvalue weighted by atomic mass is 9.90. The van der Waals surface area contributed by atoms with E-state index in [2.05, 4.69) is 10.6 Å². The molecule has 0 bridgehead atoms. The first kappa shape index (κ1) is 22.1. The zero-order valence-corrected chi connectivity index (χ0v) is 18.7. The Labute approximate surface area is 191 Å². The number of carbonyl (C=O) groups is 3. The summed E-state index contributed by atoms with van der Waals surface area (Å²) in [4.78, 5) is 39.2. The van der Waals surface area contributed by atoms with E-state index >= 15 is 0 Å². The maximum absolute atomic E-state index is 13.2. The van der Waals surface area contributed by atoms with Gasteiger partial charge in [-0.05, 0) is 59.2 Å². The van der Waals surface area contributed by atoms with E-state index < -0.39 is 23.4 Å². The van der Waals surface area contributed by atoms with Crippen LogP contribution in [0.4, 0.5) is 4.79 Å². The summed E-state index contributed by atoms with van der Waals surface area (Å²) in [5.41, 5.74) is 0.250. The maximum atomic E-state index is 13.2. The maximum Gasteiger partial charge on any atom is 0.325 e. The fourth-order valence-corrected chi connectivity index (χ4v) is 3.84. The van der Waals surface area contributed by atoms with Crippen molar-refractivity contribution in [2.24, 2.45) is 0 Å². The number of methoxy groups -OCH3 is 2. The third kappa shape index (κ3) is 4.32.